The van der Waals surface area contributed by atoms with Crippen molar-refractivity contribution in [2.24, 2.45) is 0 Å². The Kier molecular flexibility index (Phi) is 5.11. The molecule has 0 amide bonds. The van der Waals surface area contributed by atoms with E-state index in [0.717, 1.165) is 5.75 Å². The predicted octanol–water partition coefficient (Wildman–Crippen LogP) is 4.15. The Labute approximate surface area is 135 Å². The molecule has 1 atom stereocenters. The van der Waals surface area contributed by atoms with E-state index in [-0.39, 0.29) is 10.3 Å². The van der Waals surface area contributed by atoms with E-state index in [1.165, 1.54) is 24.9 Å². The molecule has 0 spiro atoms. The largest absolute Gasteiger partial charge is 0.465 e. The van der Waals surface area contributed by atoms with Gasteiger partial charge in [-0.1, -0.05) is 34.6 Å². The van der Waals surface area contributed by atoms with Gasteiger partial charge in [0.15, 0.2) is 10.5 Å². The molecule has 1 aromatic carbocycles. The second kappa shape index (κ2) is 6.66. The number of rotatable bonds is 4. The maximum atomic E-state index is 12.7. The van der Waals surface area contributed by atoms with Crippen molar-refractivity contribution in [1.82, 2.24) is 0 Å². The zero-order valence-electron chi connectivity index (χ0n) is 11.9. The van der Waals surface area contributed by atoms with Crippen molar-refractivity contribution < 1.29 is 13.9 Å². The minimum absolute atomic E-state index is 0.123. The third-order valence-electron chi connectivity index (χ3n) is 2.99. The van der Waals surface area contributed by atoms with Crippen LogP contribution in [0.5, 0.6) is 0 Å². The fourth-order valence-corrected chi connectivity index (χ4v) is 3.42. The summed E-state index contributed by atoms with van der Waals surface area (Å²) in [5, 5.41) is 1.00. The van der Waals surface area contributed by atoms with Crippen molar-refractivity contribution in [2.45, 2.75) is 23.8 Å². The third-order valence-corrected chi connectivity index (χ3v) is 4.30. The summed E-state index contributed by atoms with van der Waals surface area (Å²) >= 11 is 4.92. The molecule has 0 radical (unpaired) electrons. The molecule has 0 fully saturated rings. The van der Waals surface area contributed by atoms with E-state index in [4.69, 9.17) is 4.42 Å². The Balaban J connectivity index is 2.75. The second-order valence-corrected chi connectivity index (χ2v) is 6.99. The Morgan fingerprint density at radius 1 is 1.48 bits per heavy atom. The molecule has 4 nitrogen and oxygen atoms in total. The molecule has 0 aliphatic heterocycles. The van der Waals surface area contributed by atoms with Crippen LogP contribution in [0.25, 0.3) is 11.0 Å². The van der Waals surface area contributed by atoms with E-state index in [0.29, 0.717) is 27.2 Å². The highest BCUT2D eigenvalue weighted by Crippen LogP contribution is 2.32. The molecule has 0 saturated heterocycles. The molecule has 0 saturated carbocycles. The van der Waals surface area contributed by atoms with Gasteiger partial charge in [0.25, 0.3) is 0 Å². The fraction of sp³-hybridized carbons (Fsp3) is 0.333. The van der Waals surface area contributed by atoms with Crippen LogP contribution in [-0.2, 0) is 4.74 Å². The number of carbonyl (C=O) groups is 1. The van der Waals surface area contributed by atoms with E-state index in [9.17, 15) is 9.59 Å². The molecule has 21 heavy (non-hydrogen) atoms. The maximum absolute atomic E-state index is 12.7. The minimum Gasteiger partial charge on any atom is -0.465 e. The minimum atomic E-state index is -0.475. The average Bonchev–Trinajstić information content (AvgIpc) is 2.46. The topological polar surface area (TPSA) is 56.5 Å². The van der Waals surface area contributed by atoms with Gasteiger partial charge in [-0.2, -0.15) is 0 Å². The van der Waals surface area contributed by atoms with E-state index in [1.54, 1.807) is 12.1 Å². The van der Waals surface area contributed by atoms with Crippen molar-refractivity contribution in [1.29, 1.82) is 0 Å². The number of hydrogen-bond donors (Lipinski definition) is 0. The Bertz CT molecular complexity index is 736. The van der Waals surface area contributed by atoms with Gasteiger partial charge in [-0.3, -0.25) is 4.79 Å². The summed E-state index contributed by atoms with van der Waals surface area (Å²) in [7, 11) is 1.31. The first-order chi connectivity index (χ1) is 9.99. The highest BCUT2D eigenvalue weighted by atomic mass is 79.9. The molecule has 6 heteroatoms. The van der Waals surface area contributed by atoms with Gasteiger partial charge in [-0.15, -0.1) is 0 Å². The van der Waals surface area contributed by atoms with E-state index < -0.39 is 5.97 Å². The first-order valence-corrected chi connectivity index (χ1v) is 8.35. The van der Waals surface area contributed by atoms with Gasteiger partial charge in [-0.25, -0.2) is 4.79 Å². The molecule has 0 bridgehead atoms. The number of fused-ring (bicyclic) bond motifs is 1. The normalized spacial score (nSPS) is 12.4. The van der Waals surface area contributed by atoms with Gasteiger partial charge in [0.2, 0.25) is 0 Å². The summed E-state index contributed by atoms with van der Waals surface area (Å²) in [6.07, 6.45) is 0. The number of methoxy groups -OCH3 is 1. The fourth-order valence-electron chi connectivity index (χ4n) is 2.02. The second-order valence-electron chi connectivity index (χ2n) is 4.38. The summed E-state index contributed by atoms with van der Waals surface area (Å²) in [6, 6.07) is 4.74. The van der Waals surface area contributed by atoms with Crippen LogP contribution < -0.4 is 5.43 Å². The quantitative estimate of drug-likeness (QED) is 0.459. The lowest BCUT2D eigenvalue weighted by atomic mass is 10.1. The van der Waals surface area contributed by atoms with Gasteiger partial charge in [0.1, 0.15) is 5.58 Å². The zero-order valence-corrected chi connectivity index (χ0v) is 14.3. The molecule has 1 unspecified atom stereocenters. The van der Waals surface area contributed by atoms with Crippen LogP contribution in [0.4, 0.5) is 0 Å². The molecule has 2 rings (SSSR count). The average molecular weight is 371 g/mol. The monoisotopic (exact) mass is 370 g/mol. The molecule has 1 heterocycles. The lowest BCUT2D eigenvalue weighted by Gasteiger charge is -2.11. The number of hydrogen-bond acceptors (Lipinski definition) is 5. The van der Waals surface area contributed by atoms with E-state index in [1.807, 2.05) is 13.8 Å². The number of thioether (sulfide) groups is 1. The summed E-state index contributed by atoms with van der Waals surface area (Å²) < 4.78 is 10.5. The van der Waals surface area contributed by atoms with Crippen molar-refractivity contribution in [2.75, 3.05) is 12.9 Å². The molecular formula is C15H15BrO4S. The molecular weight excluding hydrogens is 356 g/mol. The maximum Gasteiger partial charge on any atom is 0.337 e. The molecule has 1 aromatic heterocycles. The molecule has 0 N–H and O–H groups in total. The van der Waals surface area contributed by atoms with Gasteiger partial charge < -0.3 is 9.15 Å². The number of halogens is 1. The number of alkyl halides is 1. The molecule has 2 aromatic rings. The smallest absolute Gasteiger partial charge is 0.337 e. The summed E-state index contributed by atoms with van der Waals surface area (Å²) in [6.45, 7) is 3.87. The Morgan fingerprint density at radius 3 is 2.76 bits per heavy atom. The first kappa shape index (κ1) is 16.1. The van der Waals surface area contributed by atoms with Crippen LogP contribution >= 0.6 is 27.7 Å². The molecule has 0 aliphatic carbocycles. The van der Waals surface area contributed by atoms with Crippen LogP contribution in [0.15, 0.2) is 32.5 Å². The SMILES string of the molecule is CCSc1oc2ccc(C(=O)OC)cc2c(=O)c1C(C)Br. The van der Waals surface area contributed by atoms with Gasteiger partial charge in [0, 0.05) is 4.83 Å². The van der Waals surface area contributed by atoms with Crippen molar-refractivity contribution in [3.63, 3.8) is 0 Å². The number of carbonyl (C=O) groups excluding carboxylic acids is 1. The standard InChI is InChI=1S/C15H15BrO4S/c1-4-21-15-12(8(2)16)13(17)10-7-9(14(18)19-3)5-6-11(10)20-15/h5-8H,4H2,1-3H3. The van der Waals surface area contributed by atoms with Crippen molar-refractivity contribution in [3.05, 3.63) is 39.5 Å². The highest BCUT2D eigenvalue weighted by molar-refractivity contribution is 9.09. The van der Waals surface area contributed by atoms with Crippen molar-refractivity contribution >= 4 is 44.6 Å². The molecule has 0 aliphatic rings. The van der Waals surface area contributed by atoms with Crippen LogP contribution in [0, 0.1) is 0 Å². The predicted molar refractivity (Wildman–Crippen MR) is 87.6 cm³/mol. The third kappa shape index (κ3) is 3.16. The van der Waals surface area contributed by atoms with Crippen molar-refractivity contribution in [3.8, 4) is 0 Å². The Hall–Kier alpha value is -1.27. The Morgan fingerprint density at radius 2 is 2.19 bits per heavy atom. The number of ether oxygens (including phenoxy) is 1. The first-order valence-electron chi connectivity index (χ1n) is 6.45. The summed E-state index contributed by atoms with van der Waals surface area (Å²) in [4.78, 5) is 24.1. The summed E-state index contributed by atoms with van der Waals surface area (Å²) in [5.74, 6) is 0.332. The van der Waals surface area contributed by atoms with Crippen LogP contribution in [0.2, 0.25) is 0 Å². The lowest BCUT2D eigenvalue weighted by molar-refractivity contribution is 0.0601. The van der Waals surface area contributed by atoms with Gasteiger partial charge in [0.05, 0.1) is 23.6 Å². The van der Waals surface area contributed by atoms with Crippen LogP contribution in [-0.4, -0.2) is 18.8 Å². The van der Waals surface area contributed by atoms with E-state index in [2.05, 4.69) is 20.7 Å². The van der Waals surface area contributed by atoms with E-state index >= 15 is 0 Å². The summed E-state index contributed by atoms with van der Waals surface area (Å²) in [5.41, 5.74) is 1.26. The zero-order chi connectivity index (χ0) is 15.6. The van der Waals surface area contributed by atoms with Gasteiger partial charge >= 0.3 is 5.97 Å². The van der Waals surface area contributed by atoms with Gasteiger partial charge in [-0.05, 0) is 30.9 Å². The number of esters is 1. The van der Waals surface area contributed by atoms with Crippen LogP contribution in [0.3, 0.4) is 0 Å². The molecule has 112 valence electrons. The number of benzene rings is 1. The van der Waals surface area contributed by atoms with Crippen LogP contribution in [0.1, 0.15) is 34.6 Å². The lowest BCUT2D eigenvalue weighted by Crippen LogP contribution is -2.12. The highest BCUT2D eigenvalue weighted by Gasteiger charge is 2.19.